The van der Waals surface area contributed by atoms with E-state index in [0.717, 1.165) is 0 Å². The number of rotatable bonds is 8. The molecule has 0 spiro atoms. The van der Waals surface area contributed by atoms with Crippen molar-refractivity contribution < 1.29 is 19.5 Å². The highest BCUT2D eigenvalue weighted by Crippen LogP contribution is 2.06. The average Bonchev–Trinajstić information content (AvgIpc) is 2.34. The number of carbonyl (C=O) groups is 3. The SMILES string of the molecule is CCN(C(C)=O)C(CC(C)=O)C(=O)NCC(O)CN. The predicted molar refractivity (Wildman–Crippen MR) is 70.2 cm³/mol. The zero-order valence-electron chi connectivity index (χ0n) is 11.7. The van der Waals surface area contributed by atoms with Gasteiger partial charge >= 0.3 is 0 Å². The molecule has 0 aliphatic rings. The average molecular weight is 273 g/mol. The molecule has 0 aromatic carbocycles. The number of aliphatic hydroxyl groups is 1. The monoisotopic (exact) mass is 273 g/mol. The van der Waals surface area contributed by atoms with Gasteiger partial charge in [0.05, 0.1) is 6.10 Å². The summed E-state index contributed by atoms with van der Waals surface area (Å²) in [4.78, 5) is 36.0. The second-order valence-corrected chi connectivity index (χ2v) is 4.36. The van der Waals surface area contributed by atoms with Crippen LogP contribution in [0.1, 0.15) is 27.2 Å². The second kappa shape index (κ2) is 8.60. The molecule has 0 bridgehead atoms. The number of ketones is 1. The molecule has 0 aliphatic heterocycles. The van der Waals surface area contributed by atoms with E-state index in [-0.39, 0.29) is 31.2 Å². The Morgan fingerprint density at radius 1 is 1.32 bits per heavy atom. The van der Waals surface area contributed by atoms with Crippen LogP contribution in [0.3, 0.4) is 0 Å². The summed E-state index contributed by atoms with van der Waals surface area (Å²) in [5, 5.41) is 11.8. The molecule has 0 radical (unpaired) electrons. The van der Waals surface area contributed by atoms with Crippen LogP contribution in [0.25, 0.3) is 0 Å². The van der Waals surface area contributed by atoms with E-state index < -0.39 is 18.1 Å². The van der Waals surface area contributed by atoms with E-state index in [9.17, 15) is 19.5 Å². The number of carbonyl (C=O) groups excluding carboxylic acids is 3. The van der Waals surface area contributed by atoms with Gasteiger partial charge in [0.15, 0.2) is 0 Å². The van der Waals surface area contributed by atoms with Crippen molar-refractivity contribution in [2.45, 2.75) is 39.3 Å². The molecule has 0 heterocycles. The highest BCUT2D eigenvalue weighted by molar-refractivity contribution is 5.91. The molecule has 7 nitrogen and oxygen atoms in total. The van der Waals surface area contributed by atoms with E-state index in [0.29, 0.717) is 6.54 Å². The fraction of sp³-hybridized carbons (Fsp3) is 0.750. The highest BCUT2D eigenvalue weighted by Gasteiger charge is 2.28. The molecule has 2 amide bonds. The van der Waals surface area contributed by atoms with Gasteiger partial charge in [-0.15, -0.1) is 0 Å². The van der Waals surface area contributed by atoms with Crippen LogP contribution in [0.15, 0.2) is 0 Å². The van der Waals surface area contributed by atoms with Crippen LogP contribution < -0.4 is 11.1 Å². The number of hydrogen-bond acceptors (Lipinski definition) is 5. The lowest BCUT2D eigenvalue weighted by molar-refractivity contribution is -0.140. The second-order valence-electron chi connectivity index (χ2n) is 4.36. The zero-order valence-corrected chi connectivity index (χ0v) is 11.7. The number of Topliss-reactive ketones (excluding diaryl/α,β-unsaturated/α-hetero) is 1. The molecule has 2 atom stereocenters. The molecular formula is C12H23N3O4. The fourth-order valence-electron chi connectivity index (χ4n) is 1.70. The Morgan fingerprint density at radius 3 is 2.26 bits per heavy atom. The molecule has 0 fully saturated rings. The lowest BCUT2D eigenvalue weighted by Crippen LogP contribution is -2.51. The maximum atomic E-state index is 12.0. The van der Waals surface area contributed by atoms with Crippen LogP contribution in [-0.2, 0) is 14.4 Å². The van der Waals surface area contributed by atoms with Crippen LogP contribution in [0.2, 0.25) is 0 Å². The van der Waals surface area contributed by atoms with Crippen molar-refractivity contribution in [3.63, 3.8) is 0 Å². The summed E-state index contributed by atoms with van der Waals surface area (Å²) in [6, 6.07) is -0.843. The van der Waals surface area contributed by atoms with Crippen LogP contribution in [0.5, 0.6) is 0 Å². The zero-order chi connectivity index (χ0) is 15.0. The first kappa shape index (κ1) is 17.5. The lowest BCUT2D eigenvalue weighted by atomic mass is 10.1. The van der Waals surface area contributed by atoms with Crippen molar-refractivity contribution in [3.8, 4) is 0 Å². The van der Waals surface area contributed by atoms with Gasteiger partial charge < -0.3 is 21.1 Å². The van der Waals surface area contributed by atoms with Crippen molar-refractivity contribution >= 4 is 17.6 Å². The van der Waals surface area contributed by atoms with E-state index in [1.54, 1.807) is 6.92 Å². The summed E-state index contributed by atoms with van der Waals surface area (Å²) in [5.74, 6) is -0.915. The Balaban J connectivity index is 4.77. The number of nitrogens with two attached hydrogens (primary N) is 1. The number of hydrogen-bond donors (Lipinski definition) is 3. The normalized spacial score (nSPS) is 13.5. The Hall–Kier alpha value is -1.47. The first-order valence-electron chi connectivity index (χ1n) is 6.25. The van der Waals surface area contributed by atoms with Crippen molar-refractivity contribution in [1.29, 1.82) is 0 Å². The minimum Gasteiger partial charge on any atom is -0.390 e. The van der Waals surface area contributed by atoms with Crippen molar-refractivity contribution in [2.75, 3.05) is 19.6 Å². The predicted octanol–water partition coefficient (Wildman–Crippen LogP) is -1.36. The third-order valence-corrected chi connectivity index (χ3v) is 2.69. The van der Waals surface area contributed by atoms with Crippen LogP contribution in [-0.4, -0.2) is 59.4 Å². The molecule has 0 aromatic rings. The molecule has 0 saturated heterocycles. The van der Waals surface area contributed by atoms with Gasteiger partial charge in [-0.2, -0.15) is 0 Å². The molecular weight excluding hydrogens is 250 g/mol. The largest absolute Gasteiger partial charge is 0.390 e. The van der Waals surface area contributed by atoms with Gasteiger partial charge in [0.2, 0.25) is 11.8 Å². The van der Waals surface area contributed by atoms with Gasteiger partial charge in [-0.1, -0.05) is 0 Å². The van der Waals surface area contributed by atoms with Gasteiger partial charge in [-0.3, -0.25) is 14.4 Å². The smallest absolute Gasteiger partial charge is 0.243 e. The highest BCUT2D eigenvalue weighted by atomic mass is 16.3. The van der Waals surface area contributed by atoms with E-state index in [1.165, 1.54) is 18.7 Å². The summed E-state index contributed by atoms with van der Waals surface area (Å²) >= 11 is 0. The first-order chi connectivity index (χ1) is 8.83. The molecule has 0 rings (SSSR count). The summed E-state index contributed by atoms with van der Waals surface area (Å²) in [5.41, 5.74) is 5.23. The topological polar surface area (TPSA) is 113 Å². The Morgan fingerprint density at radius 2 is 1.89 bits per heavy atom. The molecule has 19 heavy (non-hydrogen) atoms. The van der Waals surface area contributed by atoms with Gasteiger partial charge in [-0.05, 0) is 13.8 Å². The summed E-state index contributed by atoms with van der Waals surface area (Å²) in [6.45, 7) is 4.80. The Labute approximate surface area is 113 Å². The van der Waals surface area contributed by atoms with Gasteiger partial charge in [0.1, 0.15) is 11.8 Å². The van der Waals surface area contributed by atoms with E-state index in [4.69, 9.17) is 5.73 Å². The third-order valence-electron chi connectivity index (χ3n) is 2.69. The Bertz CT molecular complexity index is 333. The molecule has 2 unspecified atom stereocenters. The number of nitrogens with zero attached hydrogens (tertiary/aromatic N) is 1. The number of amides is 2. The van der Waals surface area contributed by atoms with Crippen LogP contribution >= 0.6 is 0 Å². The fourth-order valence-corrected chi connectivity index (χ4v) is 1.70. The van der Waals surface area contributed by atoms with Crippen molar-refractivity contribution in [1.82, 2.24) is 10.2 Å². The summed E-state index contributed by atoms with van der Waals surface area (Å²) < 4.78 is 0. The van der Waals surface area contributed by atoms with Gasteiger partial charge in [0, 0.05) is 33.0 Å². The standard InChI is InChI=1S/C12H23N3O4/c1-4-15(9(3)17)11(5-8(2)16)12(19)14-7-10(18)6-13/h10-11,18H,4-7,13H2,1-3H3,(H,14,19). The maximum Gasteiger partial charge on any atom is 0.243 e. The minimum absolute atomic E-state index is 0.000796. The molecule has 110 valence electrons. The summed E-state index contributed by atoms with van der Waals surface area (Å²) in [7, 11) is 0. The van der Waals surface area contributed by atoms with Gasteiger partial charge in [-0.25, -0.2) is 0 Å². The quantitative estimate of drug-likeness (QED) is 0.505. The molecule has 7 heteroatoms. The molecule has 0 saturated carbocycles. The third kappa shape index (κ3) is 6.30. The first-order valence-corrected chi connectivity index (χ1v) is 6.25. The van der Waals surface area contributed by atoms with Crippen LogP contribution in [0, 0.1) is 0 Å². The van der Waals surface area contributed by atoms with E-state index in [2.05, 4.69) is 5.32 Å². The lowest BCUT2D eigenvalue weighted by Gasteiger charge is -2.28. The van der Waals surface area contributed by atoms with Crippen molar-refractivity contribution in [3.05, 3.63) is 0 Å². The maximum absolute atomic E-state index is 12.0. The van der Waals surface area contributed by atoms with Crippen LogP contribution in [0.4, 0.5) is 0 Å². The molecule has 0 aliphatic carbocycles. The number of nitrogens with one attached hydrogen (secondary N) is 1. The summed E-state index contributed by atoms with van der Waals surface area (Å²) in [6.07, 6.45) is -0.882. The van der Waals surface area contributed by atoms with Crippen molar-refractivity contribution in [2.24, 2.45) is 5.73 Å². The molecule has 0 aromatic heterocycles. The molecule has 4 N–H and O–H groups in total. The minimum atomic E-state index is -0.843. The Kier molecular flexibility index (Phi) is 7.94. The van der Waals surface area contributed by atoms with E-state index in [1.807, 2.05) is 0 Å². The van der Waals surface area contributed by atoms with Gasteiger partial charge in [0.25, 0.3) is 0 Å². The number of likely N-dealkylation sites (N-methyl/N-ethyl adjacent to an activating group) is 1. The van der Waals surface area contributed by atoms with E-state index >= 15 is 0 Å². The number of aliphatic hydroxyl groups excluding tert-OH is 1.